The van der Waals surface area contributed by atoms with E-state index >= 15 is 0 Å². The second kappa shape index (κ2) is 7.92. The van der Waals surface area contributed by atoms with Crippen LogP contribution in [0.25, 0.3) is 0 Å². The molecule has 2 heterocycles. The molecule has 1 aromatic carbocycles. The molecule has 1 aliphatic rings. The number of rotatable bonds is 6. The molecule has 0 bridgehead atoms. The van der Waals surface area contributed by atoms with Crippen LogP contribution < -0.4 is 10.2 Å². The van der Waals surface area contributed by atoms with Gasteiger partial charge in [0.25, 0.3) is 0 Å². The van der Waals surface area contributed by atoms with Gasteiger partial charge in [0, 0.05) is 31.9 Å². The Hall–Kier alpha value is -2.70. The summed E-state index contributed by atoms with van der Waals surface area (Å²) in [4.78, 5) is 19.4. The molecule has 0 unspecified atom stereocenters. The number of para-hydroxylation sites is 1. The van der Waals surface area contributed by atoms with Crippen LogP contribution >= 0.6 is 0 Å². The van der Waals surface area contributed by atoms with E-state index < -0.39 is 0 Å². The first-order valence-electron chi connectivity index (χ1n) is 8.77. The third kappa shape index (κ3) is 3.87. The number of carbonyl (C=O) groups excluding carboxylic acids is 1. The van der Waals surface area contributed by atoms with Crippen molar-refractivity contribution in [2.24, 2.45) is 0 Å². The van der Waals surface area contributed by atoms with Crippen molar-refractivity contribution in [2.75, 3.05) is 36.4 Å². The minimum atomic E-state index is 0.505. The molecule has 1 amide bonds. The van der Waals surface area contributed by atoms with Crippen LogP contribution in [0.3, 0.4) is 0 Å². The highest BCUT2D eigenvalue weighted by Crippen LogP contribution is 2.25. The van der Waals surface area contributed by atoms with Gasteiger partial charge in [0.15, 0.2) is 5.82 Å². The molecule has 1 fully saturated rings. The molecule has 132 valence electrons. The van der Waals surface area contributed by atoms with E-state index in [1.807, 2.05) is 0 Å². The molecular formula is C18H24N6O. The van der Waals surface area contributed by atoms with Crippen molar-refractivity contribution in [3.05, 3.63) is 35.5 Å². The maximum atomic E-state index is 10.8. The molecule has 25 heavy (non-hydrogen) atoms. The predicted octanol–water partition coefficient (Wildman–Crippen LogP) is 2.02. The van der Waals surface area contributed by atoms with Crippen molar-refractivity contribution in [3.63, 3.8) is 0 Å². The molecular weight excluding hydrogens is 316 g/mol. The fraction of sp³-hybridized carbons (Fsp3) is 0.444. The van der Waals surface area contributed by atoms with Gasteiger partial charge in [-0.2, -0.15) is 10.1 Å². The Morgan fingerprint density at radius 2 is 1.80 bits per heavy atom. The minimum absolute atomic E-state index is 0.505. The first-order chi connectivity index (χ1) is 12.2. The standard InChI is InChI=1S/C18H24N6O/c1-3-14-6-5-7-15(4-2)17(14)21-18-20-16(12-19-22-18)24-10-8-23(13-25)9-11-24/h5-7,12-13H,3-4,8-11H2,1-2H3,(H,20,21,22). The minimum Gasteiger partial charge on any atom is -0.352 e. The Morgan fingerprint density at radius 1 is 1.12 bits per heavy atom. The van der Waals surface area contributed by atoms with E-state index in [1.54, 1.807) is 11.1 Å². The number of aryl methyl sites for hydroxylation is 2. The van der Waals surface area contributed by atoms with E-state index in [-0.39, 0.29) is 0 Å². The molecule has 1 aliphatic heterocycles. The van der Waals surface area contributed by atoms with Crippen LogP contribution in [0.5, 0.6) is 0 Å². The van der Waals surface area contributed by atoms with Crippen molar-refractivity contribution in [3.8, 4) is 0 Å². The molecule has 1 N–H and O–H groups in total. The van der Waals surface area contributed by atoms with Gasteiger partial charge in [-0.1, -0.05) is 32.0 Å². The van der Waals surface area contributed by atoms with Gasteiger partial charge in [-0.25, -0.2) is 0 Å². The van der Waals surface area contributed by atoms with Gasteiger partial charge in [0.05, 0.1) is 6.20 Å². The van der Waals surface area contributed by atoms with E-state index in [9.17, 15) is 4.79 Å². The fourth-order valence-corrected chi connectivity index (χ4v) is 3.07. The molecule has 0 aliphatic carbocycles. The number of benzene rings is 1. The normalized spacial score (nSPS) is 14.5. The van der Waals surface area contributed by atoms with E-state index in [1.165, 1.54) is 11.1 Å². The third-order valence-corrected chi connectivity index (χ3v) is 4.57. The molecule has 0 spiro atoms. The molecule has 7 nitrogen and oxygen atoms in total. The van der Waals surface area contributed by atoms with Gasteiger partial charge in [0.2, 0.25) is 12.4 Å². The SMILES string of the molecule is CCc1cccc(CC)c1Nc1nncc(N2CCN(C=O)CC2)n1. The van der Waals surface area contributed by atoms with E-state index in [0.29, 0.717) is 19.0 Å². The van der Waals surface area contributed by atoms with Crippen molar-refractivity contribution < 1.29 is 4.79 Å². The molecule has 2 aromatic rings. The average molecular weight is 340 g/mol. The zero-order chi connectivity index (χ0) is 17.6. The zero-order valence-corrected chi connectivity index (χ0v) is 14.8. The predicted molar refractivity (Wildman–Crippen MR) is 98.2 cm³/mol. The van der Waals surface area contributed by atoms with Crippen molar-refractivity contribution in [2.45, 2.75) is 26.7 Å². The quantitative estimate of drug-likeness (QED) is 0.811. The second-order valence-corrected chi connectivity index (χ2v) is 6.05. The number of hydrogen-bond donors (Lipinski definition) is 1. The fourth-order valence-electron chi connectivity index (χ4n) is 3.07. The van der Waals surface area contributed by atoms with Crippen LogP contribution in [0.4, 0.5) is 17.5 Å². The molecule has 3 rings (SSSR count). The first kappa shape index (κ1) is 17.1. The summed E-state index contributed by atoms with van der Waals surface area (Å²) in [7, 11) is 0. The number of hydrogen-bond acceptors (Lipinski definition) is 6. The van der Waals surface area contributed by atoms with Crippen LogP contribution in [0, 0.1) is 0 Å². The Morgan fingerprint density at radius 3 is 2.40 bits per heavy atom. The molecule has 0 saturated carbocycles. The number of carbonyl (C=O) groups is 1. The van der Waals surface area contributed by atoms with Crippen LogP contribution in [0.1, 0.15) is 25.0 Å². The lowest BCUT2D eigenvalue weighted by atomic mass is 10.0. The molecule has 0 radical (unpaired) electrons. The summed E-state index contributed by atoms with van der Waals surface area (Å²) in [6.45, 7) is 7.19. The lowest BCUT2D eigenvalue weighted by Gasteiger charge is -2.33. The number of aromatic nitrogens is 3. The van der Waals surface area contributed by atoms with Crippen LogP contribution in [-0.2, 0) is 17.6 Å². The first-order valence-corrected chi connectivity index (χ1v) is 8.77. The molecule has 0 atom stereocenters. The summed E-state index contributed by atoms with van der Waals surface area (Å²) >= 11 is 0. The summed E-state index contributed by atoms with van der Waals surface area (Å²) in [5, 5.41) is 11.6. The van der Waals surface area contributed by atoms with Crippen molar-refractivity contribution in [1.29, 1.82) is 0 Å². The maximum Gasteiger partial charge on any atom is 0.249 e. The zero-order valence-electron chi connectivity index (χ0n) is 14.8. The highest BCUT2D eigenvalue weighted by Gasteiger charge is 2.18. The van der Waals surface area contributed by atoms with Gasteiger partial charge >= 0.3 is 0 Å². The highest BCUT2D eigenvalue weighted by atomic mass is 16.1. The molecule has 1 aromatic heterocycles. The number of nitrogens with one attached hydrogen (secondary N) is 1. The van der Waals surface area contributed by atoms with Gasteiger partial charge in [-0.15, -0.1) is 5.10 Å². The van der Waals surface area contributed by atoms with Crippen molar-refractivity contribution >= 4 is 23.9 Å². The van der Waals surface area contributed by atoms with Gasteiger partial charge < -0.3 is 15.1 Å². The Bertz CT molecular complexity index is 705. The molecule has 7 heteroatoms. The number of nitrogens with zero attached hydrogens (tertiary/aromatic N) is 5. The van der Waals surface area contributed by atoms with Crippen LogP contribution in [0.2, 0.25) is 0 Å². The van der Waals surface area contributed by atoms with Crippen LogP contribution in [0.15, 0.2) is 24.4 Å². The second-order valence-electron chi connectivity index (χ2n) is 6.05. The Balaban J connectivity index is 1.80. The number of amides is 1. The smallest absolute Gasteiger partial charge is 0.249 e. The van der Waals surface area contributed by atoms with E-state index in [2.05, 4.69) is 57.4 Å². The van der Waals surface area contributed by atoms with Gasteiger partial charge in [-0.05, 0) is 24.0 Å². The van der Waals surface area contributed by atoms with E-state index in [0.717, 1.165) is 43.8 Å². The average Bonchev–Trinajstić information content (AvgIpc) is 2.68. The molecule has 1 saturated heterocycles. The summed E-state index contributed by atoms with van der Waals surface area (Å²) in [6, 6.07) is 6.33. The lowest BCUT2D eigenvalue weighted by molar-refractivity contribution is -0.118. The highest BCUT2D eigenvalue weighted by molar-refractivity contribution is 5.64. The largest absolute Gasteiger partial charge is 0.352 e. The Labute approximate surface area is 148 Å². The van der Waals surface area contributed by atoms with Crippen LogP contribution in [-0.4, -0.2) is 52.7 Å². The lowest BCUT2D eigenvalue weighted by Crippen LogP contribution is -2.46. The van der Waals surface area contributed by atoms with Crippen molar-refractivity contribution in [1.82, 2.24) is 20.1 Å². The Kier molecular flexibility index (Phi) is 5.42. The summed E-state index contributed by atoms with van der Waals surface area (Å²) < 4.78 is 0. The van der Waals surface area contributed by atoms with Gasteiger partial charge in [0.1, 0.15) is 0 Å². The topological polar surface area (TPSA) is 74.2 Å². The summed E-state index contributed by atoms with van der Waals surface area (Å²) in [5.74, 6) is 1.29. The number of piperazine rings is 1. The summed E-state index contributed by atoms with van der Waals surface area (Å²) in [6.07, 6.45) is 4.46. The maximum absolute atomic E-state index is 10.8. The van der Waals surface area contributed by atoms with E-state index in [4.69, 9.17) is 0 Å². The number of anilines is 3. The monoisotopic (exact) mass is 340 g/mol. The summed E-state index contributed by atoms with van der Waals surface area (Å²) in [5.41, 5.74) is 3.57. The van der Waals surface area contributed by atoms with Gasteiger partial charge in [-0.3, -0.25) is 4.79 Å². The third-order valence-electron chi connectivity index (χ3n) is 4.57.